The number of hydrogen-bond acceptors (Lipinski definition) is 7. The third-order valence-electron chi connectivity index (χ3n) is 7.17. The van der Waals surface area contributed by atoms with Crippen molar-refractivity contribution in [3.8, 4) is 5.69 Å². The highest BCUT2D eigenvalue weighted by Crippen LogP contribution is 2.36. The maximum absolute atomic E-state index is 13.1. The van der Waals surface area contributed by atoms with Crippen LogP contribution in [0.4, 0.5) is 26.2 Å². The maximum Gasteiger partial charge on any atom is 0.294 e. The number of nitro benzene ring substituents is 1. The molecule has 3 heterocycles. The lowest BCUT2D eigenvalue weighted by molar-refractivity contribution is -0.384. The van der Waals surface area contributed by atoms with Gasteiger partial charge in [-0.25, -0.2) is 4.39 Å². The minimum atomic E-state index is -0.597. The summed E-state index contributed by atoms with van der Waals surface area (Å²) in [6.45, 7) is 4.79. The van der Waals surface area contributed by atoms with Gasteiger partial charge in [-0.15, -0.1) is 0 Å². The van der Waals surface area contributed by atoms with Gasteiger partial charge in [-0.05, 0) is 99.0 Å². The van der Waals surface area contributed by atoms with Crippen LogP contribution in [0.25, 0.3) is 11.8 Å². The number of aryl methyl sites for hydroxylation is 1. The van der Waals surface area contributed by atoms with E-state index in [2.05, 4.69) is 10.2 Å². The predicted molar refractivity (Wildman–Crippen MR) is 156 cm³/mol. The molecular weight excluding hydrogens is 549 g/mol. The highest BCUT2D eigenvalue weighted by atomic mass is 32.2. The summed E-state index contributed by atoms with van der Waals surface area (Å²) in [5.41, 5.74) is 3.83. The molecule has 0 unspecified atom stereocenters. The highest BCUT2D eigenvalue weighted by molar-refractivity contribution is 8.18. The summed E-state index contributed by atoms with van der Waals surface area (Å²) in [6.07, 6.45) is 4.72. The number of nitrogens with zero attached hydrogens (tertiary/aromatic N) is 4. The topological polar surface area (TPSA) is 118 Å². The Labute approximate surface area is 240 Å². The van der Waals surface area contributed by atoms with Crippen LogP contribution in [-0.4, -0.2) is 51.1 Å². The molecule has 10 nitrogen and oxygen atoms in total. The van der Waals surface area contributed by atoms with Crippen molar-refractivity contribution in [3.63, 3.8) is 0 Å². The molecule has 1 N–H and O–H groups in total. The van der Waals surface area contributed by atoms with E-state index >= 15 is 0 Å². The molecular formula is C29H28FN5O5S. The van der Waals surface area contributed by atoms with Gasteiger partial charge in [-0.3, -0.25) is 29.4 Å². The molecule has 0 saturated carbocycles. The fourth-order valence-electron chi connectivity index (χ4n) is 5.19. The van der Waals surface area contributed by atoms with E-state index in [0.29, 0.717) is 22.6 Å². The lowest BCUT2D eigenvalue weighted by Crippen LogP contribution is -2.36. The lowest BCUT2D eigenvalue weighted by atomic mass is 10.1. The number of piperidine rings is 1. The smallest absolute Gasteiger partial charge is 0.294 e. The average Bonchev–Trinajstić information content (AvgIpc) is 3.38. The van der Waals surface area contributed by atoms with Gasteiger partial charge in [0.25, 0.3) is 16.8 Å². The molecule has 3 aromatic rings. The second-order valence-corrected chi connectivity index (χ2v) is 11.0. The molecule has 2 saturated heterocycles. The fourth-order valence-corrected chi connectivity index (χ4v) is 6.01. The molecule has 0 spiro atoms. The Morgan fingerprint density at radius 1 is 1.07 bits per heavy atom. The number of rotatable bonds is 7. The van der Waals surface area contributed by atoms with Gasteiger partial charge in [0.2, 0.25) is 5.91 Å². The number of nitro groups is 1. The zero-order valence-electron chi connectivity index (χ0n) is 22.6. The number of halogens is 1. The van der Waals surface area contributed by atoms with E-state index in [0.717, 1.165) is 60.4 Å². The molecule has 0 atom stereocenters. The van der Waals surface area contributed by atoms with Gasteiger partial charge in [-0.2, -0.15) is 0 Å². The van der Waals surface area contributed by atoms with Gasteiger partial charge in [0, 0.05) is 36.2 Å². The zero-order valence-corrected chi connectivity index (χ0v) is 23.4. The molecule has 12 heteroatoms. The molecule has 0 bridgehead atoms. The largest absolute Gasteiger partial charge is 0.366 e. The monoisotopic (exact) mass is 577 g/mol. The van der Waals surface area contributed by atoms with Gasteiger partial charge in [0.1, 0.15) is 18.0 Å². The summed E-state index contributed by atoms with van der Waals surface area (Å²) in [5.74, 6) is -1.64. The first-order chi connectivity index (χ1) is 19.6. The van der Waals surface area contributed by atoms with Crippen molar-refractivity contribution in [2.24, 2.45) is 0 Å². The third kappa shape index (κ3) is 5.87. The van der Waals surface area contributed by atoms with Crippen molar-refractivity contribution >= 4 is 52.0 Å². The fraction of sp³-hybridized carbons (Fsp3) is 0.276. The standard InChI is InChI=1S/C29H28FN5O5S/c1-18-14-20(15-26-28(37)33(29(38)41-26)17-27(36)31-22-8-6-21(30)7-9-22)19(2)34(18)23-10-11-24(25(16-23)35(39)40)32-12-4-3-5-13-32/h6-11,14-16H,3-5,12-13,17H2,1-2H3,(H,31,36)/b26-15-. The second kappa shape index (κ2) is 11.6. The van der Waals surface area contributed by atoms with E-state index in [1.807, 2.05) is 30.5 Å². The minimum absolute atomic E-state index is 0.0403. The van der Waals surface area contributed by atoms with E-state index in [4.69, 9.17) is 0 Å². The van der Waals surface area contributed by atoms with Crippen molar-refractivity contribution in [1.82, 2.24) is 9.47 Å². The Kier molecular flexibility index (Phi) is 7.93. The maximum atomic E-state index is 13.1. The molecule has 41 heavy (non-hydrogen) atoms. The van der Waals surface area contributed by atoms with Crippen LogP contribution in [0, 0.1) is 29.8 Å². The Bertz CT molecular complexity index is 1580. The molecule has 212 valence electrons. The number of carbonyl (C=O) groups is 3. The molecule has 5 rings (SSSR count). The normalized spacial score (nSPS) is 16.5. The number of imide groups is 1. The Morgan fingerprint density at radius 3 is 2.46 bits per heavy atom. The number of hydrogen-bond donors (Lipinski definition) is 1. The van der Waals surface area contributed by atoms with Crippen LogP contribution in [0.15, 0.2) is 53.4 Å². The van der Waals surface area contributed by atoms with Crippen LogP contribution in [-0.2, 0) is 9.59 Å². The number of benzene rings is 2. The first kappa shape index (κ1) is 28.1. The van der Waals surface area contributed by atoms with E-state index in [9.17, 15) is 28.9 Å². The summed E-state index contributed by atoms with van der Waals surface area (Å²) in [6, 6.07) is 12.2. The summed E-state index contributed by atoms with van der Waals surface area (Å²) >= 11 is 0.735. The summed E-state index contributed by atoms with van der Waals surface area (Å²) < 4.78 is 15.0. The summed E-state index contributed by atoms with van der Waals surface area (Å²) in [4.78, 5) is 52.8. The number of thioether (sulfide) groups is 1. The van der Waals surface area contributed by atoms with Gasteiger partial charge in [0.05, 0.1) is 15.5 Å². The van der Waals surface area contributed by atoms with Crippen molar-refractivity contribution in [2.75, 3.05) is 29.9 Å². The Morgan fingerprint density at radius 2 is 1.78 bits per heavy atom. The average molecular weight is 578 g/mol. The van der Waals surface area contributed by atoms with Crippen LogP contribution in [0.2, 0.25) is 0 Å². The van der Waals surface area contributed by atoms with Crippen molar-refractivity contribution < 1.29 is 23.7 Å². The van der Waals surface area contributed by atoms with E-state index in [-0.39, 0.29) is 15.5 Å². The molecule has 3 amide bonds. The highest BCUT2D eigenvalue weighted by Gasteiger charge is 2.36. The summed E-state index contributed by atoms with van der Waals surface area (Å²) in [7, 11) is 0. The lowest BCUT2D eigenvalue weighted by Gasteiger charge is -2.28. The summed E-state index contributed by atoms with van der Waals surface area (Å²) in [5, 5.41) is 13.9. The van der Waals surface area contributed by atoms with Crippen LogP contribution in [0.1, 0.15) is 36.2 Å². The number of amides is 3. The van der Waals surface area contributed by atoms with Crippen LogP contribution in [0.5, 0.6) is 0 Å². The van der Waals surface area contributed by atoms with Crippen LogP contribution >= 0.6 is 11.8 Å². The second-order valence-electron chi connectivity index (χ2n) is 9.96. The number of carbonyl (C=O) groups excluding carboxylic acids is 3. The van der Waals surface area contributed by atoms with Crippen molar-refractivity contribution in [3.05, 3.63) is 86.3 Å². The Hall–Kier alpha value is -4.45. The molecule has 2 aliphatic rings. The van der Waals surface area contributed by atoms with Gasteiger partial charge < -0.3 is 14.8 Å². The molecule has 2 aromatic carbocycles. The number of nitrogens with one attached hydrogen (secondary N) is 1. The molecule has 0 radical (unpaired) electrons. The van der Waals surface area contributed by atoms with Gasteiger partial charge in [0.15, 0.2) is 0 Å². The SMILES string of the molecule is Cc1cc(/C=C2\SC(=O)N(CC(=O)Nc3ccc(F)cc3)C2=O)c(C)n1-c1ccc(N2CCCCC2)c([N+](=O)[O-])c1. The Balaban J connectivity index is 1.37. The van der Waals surface area contributed by atoms with Gasteiger partial charge >= 0.3 is 0 Å². The van der Waals surface area contributed by atoms with Crippen LogP contribution in [0.3, 0.4) is 0 Å². The number of aromatic nitrogens is 1. The third-order valence-corrected chi connectivity index (χ3v) is 8.08. The van der Waals surface area contributed by atoms with E-state index < -0.39 is 29.4 Å². The first-order valence-electron chi connectivity index (χ1n) is 13.2. The minimum Gasteiger partial charge on any atom is -0.366 e. The molecule has 1 aromatic heterocycles. The first-order valence-corrected chi connectivity index (χ1v) is 14.0. The zero-order chi connectivity index (χ0) is 29.3. The van der Waals surface area contributed by atoms with Gasteiger partial charge in [-0.1, -0.05) is 0 Å². The predicted octanol–water partition coefficient (Wildman–Crippen LogP) is 5.81. The van der Waals surface area contributed by atoms with Crippen molar-refractivity contribution in [2.45, 2.75) is 33.1 Å². The van der Waals surface area contributed by atoms with Crippen LogP contribution < -0.4 is 10.2 Å². The molecule has 2 fully saturated rings. The van der Waals surface area contributed by atoms with Crippen molar-refractivity contribution in [1.29, 1.82) is 0 Å². The number of anilines is 2. The quantitative estimate of drug-likeness (QED) is 0.214. The molecule has 2 aliphatic heterocycles. The van der Waals surface area contributed by atoms with E-state index in [1.165, 1.54) is 24.3 Å². The van der Waals surface area contributed by atoms with E-state index in [1.54, 1.807) is 18.2 Å². The molecule has 0 aliphatic carbocycles.